The fourth-order valence-corrected chi connectivity index (χ4v) is 2.69. The molecule has 26 heavy (non-hydrogen) atoms. The number of halogens is 1. The fourth-order valence-electron chi connectivity index (χ4n) is 2.55. The molecule has 0 saturated carbocycles. The van der Waals surface area contributed by atoms with Crippen LogP contribution in [-0.2, 0) is 11.3 Å². The Morgan fingerprint density at radius 2 is 2.08 bits per heavy atom. The summed E-state index contributed by atoms with van der Waals surface area (Å²) in [5.74, 6) is 0. The summed E-state index contributed by atoms with van der Waals surface area (Å²) in [7, 11) is 0. The van der Waals surface area contributed by atoms with E-state index in [4.69, 9.17) is 16.3 Å². The first-order valence-corrected chi connectivity index (χ1v) is 8.55. The molecule has 0 saturated heterocycles. The third-order valence-corrected chi connectivity index (χ3v) is 3.72. The second-order valence-electron chi connectivity index (χ2n) is 6.86. The Morgan fingerprint density at radius 3 is 2.81 bits per heavy atom. The van der Waals surface area contributed by atoms with E-state index in [9.17, 15) is 4.79 Å². The Balaban J connectivity index is 1.85. The van der Waals surface area contributed by atoms with Gasteiger partial charge in [-0.05, 0) is 52.0 Å². The summed E-state index contributed by atoms with van der Waals surface area (Å²) in [4.78, 5) is 20.6. The molecular weight excluding hydrogens is 354 g/mol. The lowest BCUT2D eigenvalue weighted by molar-refractivity contribution is 0.0523. The predicted octanol–water partition coefficient (Wildman–Crippen LogP) is 3.78. The van der Waals surface area contributed by atoms with E-state index in [1.165, 1.54) is 0 Å². The number of carbonyl (C=O) groups is 1. The normalized spacial score (nSPS) is 11.6. The zero-order valence-corrected chi connectivity index (χ0v) is 15.8. The molecule has 0 bridgehead atoms. The zero-order valence-electron chi connectivity index (χ0n) is 15.1. The van der Waals surface area contributed by atoms with Gasteiger partial charge < -0.3 is 10.1 Å². The van der Waals surface area contributed by atoms with Crippen molar-refractivity contribution in [3.63, 3.8) is 0 Å². The SMILES string of the molecule is Cc1nc2ccc(Cl)nn2c1-c1ccnc(CNC(=O)OC(C)(C)C)c1. The highest BCUT2D eigenvalue weighted by molar-refractivity contribution is 6.29. The van der Waals surface area contributed by atoms with Gasteiger partial charge in [-0.3, -0.25) is 4.98 Å². The molecule has 0 aliphatic carbocycles. The molecule has 3 aromatic heterocycles. The van der Waals surface area contributed by atoms with E-state index in [0.717, 1.165) is 17.0 Å². The minimum absolute atomic E-state index is 0.257. The van der Waals surface area contributed by atoms with Crippen LogP contribution in [0, 0.1) is 6.92 Å². The number of amides is 1. The Hall–Kier alpha value is -2.67. The lowest BCUT2D eigenvalue weighted by Crippen LogP contribution is -2.32. The molecule has 1 amide bonds. The molecule has 3 rings (SSSR count). The number of rotatable bonds is 3. The van der Waals surface area contributed by atoms with Gasteiger partial charge in [-0.2, -0.15) is 5.10 Å². The minimum Gasteiger partial charge on any atom is -0.444 e. The van der Waals surface area contributed by atoms with Crippen molar-refractivity contribution in [2.45, 2.75) is 39.8 Å². The van der Waals surface area contributed by atoms with Crippen LogP contribution in [0.1, 0.15) is 32.2 Å². The van der Waals surface area contributed by atoms with Crippen LogP contribution in [0.15, 0.2) is 30.5 Å². The van der Waals surface area contributed by atoms with Gasteiger partial charge in [-0.25, -0.2) is 14.3 Å². The van der Waals surface area contributed by atoms with Gasteiger partial charge in [0.25, 0.3) is 0 Å². The average molecular weight is 374 g/mol. The maximum Gasteiger partial charge on any atom is 0.407 e. The van der Waals surface area contributed by atoms with E-state index in [-0.39, 0.29) is 6.54 Å². The van der Waals surface area contributed by atoms with E-state index in [0.29, 0.717) is 16.5 Å². The van der Waals surface area contributed by atoms with Crippen LogP contribution < -0.4 is 5.32 Å². The first-order valence-electron chi connectivity index (χ1n) is 8.17. The second kappa shape index (κ2) is 6.92. The van der Waals surface area contributed by atoms with Crippen LogP contribution in [0.4, 0.5) is 4.79 Å². The van der Waals surface area contributed by atoms with Crippen LogP contribution in [0.5, 0.6) is 0 Å². The van der Waals surface area contributed by atoms with Gasteiger partial charge in [0.05, 0.1) is 23.6 Å². The predicted molar refractivity (Wildman–Crippen MR) is 99.0 cm³/mol. The summed E-state index contributed by atoms with van der Waals surface area (Å²) < 4.78 is 6.94. The number of carbonyl (C=O) groups excluding carboxylic acids is 1. The van der Waals surface area contributed by atoms with Gasteiger partial charge in [-0.1, -0.05) is 11.6 Å². The summed E-state index contributed by atoms with van der Waals surface area (Å²) in [6.07, 6.45) is 1.20. The number of nitrogens with zero attached hydrogens (tertiary/aromatic N) is 4. The summed E-state index contributed by atoms with van der Waals surface area (Å²) in [6, 6.07) is 7.28. The highest BCUT2D eigenvalue weighted by atomic mass is 35.5. The van der Waals surface area contributed by atoms with Crippen LogP contribution >= 0.6 is 11.6 Å². The van der Waals surface area contributed by atoms with Gasteiger partial charge in [0.2, 0.25) is 0 Å². The first-order chi connectivity index (χ1) is 12.2. The van der Waals surface area contributed by atoms with Crippen molar-refractivity contribution in [3.8, 4) is 11.3 Å². The molecule has 0 atom stereocenters. The Kier molecular flexibility index (Phi) is 4.82. The van der Waals surface area contributed by atoms with Crippen molar-refractivity contribution in [1.82, 2.24) is 24.9 Å². The van der Waals surface area contributed by atoms with Crippen molar-refractivity contribution in [2.75, 3.05) is 0 Å². The number of aromatic nitrogens is 4. The number of pyridine rings is 1. The molecular formula is C18H20ClN5O2. The smallest absolute Gasteiger partial charge is 0.407 e. The molecule has 136 valence electrons. The van der Waals surface area contributed by atoms with Crippen LogP contribution in [0.2, 0.25) is 5.15 Å². The molecule has 0 unspecified atom stereocenters. The average Bonchev–Trinajstić information content (AvgIpc) is 2.87. The highest BCUT2D eigenvalue weighted by Crippen LogP contribution is 2.25. The maximum absolute atomic E-state index is 11.8. The lowest BCUT2D eigenvalue weighted by Gasteiger charge is -2.19. The Bertz CT molecular complexity index is 962. The number of ether oxygens (including phenoxy) is 1. The van der Waals surface area contributed by atoms with E-state index in [1.54, 1.807) is 16.8 Å². The number of aryl methyl sites for hydroxylation is 1. The first kappa shape index (κ1) is 18.1. The van der Waals surface area contributed by atoms with Crippen molar-refractivity contribution < 1.29 is 9.53 Å². The molecule has 7 nitrogen and oxygen atoms in total. The molecule has 0 aliphatic rings. The molecule has 0 spiro atoms. The van der Waals surface area contributed by atoms with Gasteiger partial charge in [0.15, 0.2) is 5.65 Å². The Morgan fingerprint density at radius 1 is 1.31 bits per heavy atom. The van der Waals surface area contributed by atoms with E-state index in [1.807, 2.05) is 45.9 Å². The van der Waals surface area contributed by atoms with Gasteiger partial charge >= 0.3 is 6.09 Å². The fraction of sp³-hybridized carbons (Fsp3) is 0.333. The largest absolute Gasteiger partial charge is 0.444 e. The molecule has 3 heterocycles. The topological polar surface area (TPSA) is 81.4 Å². The lowest BCUT2D eigenvalue weighted by atomic mass is 10.1. The second-order valence-corrected chi connectivity index (χ2v) is 7.25. The van der Waals surface area contributed by atoms with Crippen molar-refractivity contribution in [1.29, 1.82) is 0 Å². The monoisotopic (exact) mass is 373 g/mol. The van der Waals surface area contributed by atoms with Gasteiger partial charge in [-0.15, -0.1) is 0 Å². The van der Waals surface area contributed by atoms with E-state index >= 15 is 0 Å². The Labute approximate surface area is 156 Å². The standard InChI is InChI=1S/C18H20ClN5O2/c1-11-16(24-15(22-11)6-5-14(19)23-24)12-7-8-20-13(9-12)10-21-17(25)26-18(2,3)4/h5-9H,10H2,1-4H3,(H,21,25). The van der Waals surface area contributed by atoms with E-state index in [2.05, 4.69) is 20.4 Å². The summed E-state index contributed by atoms with van der Waals surface area (Å²) in [6.45, 7) is 7.62. The number of hydrogen-bond donors (Lipinski definition) is 1. The number of nitrogens with one attached hydrogen (secondary N) is 1. The van der Waals surface area contributed by atoms with Crippen LogP contribution in [-0.4, -0.2) is 31.3 Å². The molecule has 0 radical (unpaired) electrons. The third-order valence-electron chi connectivity index (χ3n) is 3.52. The molecule has 1 N–H and O–H groups in total. The molecule has 8 heteroatoms. The number of fused-ring (bicyclic) bond motifs is 1. The highest BCUT2D eigenvalue weighted by Gasteiger charge is 2.17. The zero-order chi connectivity index (χ0) is 18.9. The molecule has 0 aliphatic heterocycles. The van der Waals surface area contributed by atoms with Gasteiger partial charge in [0, 0.05) is 11.8 Å². The minimum atomic E-state index is -0.544. The molecule has 3 aromatic rings. The summed E-state index contributed by atoms with van der Waals surface area (Å²) in [5, 5.41) is 7.42. The van der Waals surface area contributed by atoms with Crippen molar-refractivity contribution in [2.24, 2.45) is 0 Å². The van der Waals surface area contributed by atoms with Crippen LogP contribution in [0.3, 0.4) is 0 Å². The number of imidazole rings is 1. The summed E-state index contributed by atoms with van der Waals surface area (Å²) in [5.41, 5.74) is 3.43. The number of alkyl carbamates (subject to hydrolysis) is 1. The van der Waals surface area contributed by atoms with Crippen molar-refractivity contribution in [3.05, 3.63) is 47.0 Å². The van der Waals surface area contributed by atoms with Crippen LogP contribution in [0.25, 0.3) is 16.9 Å². The quantitative estimate of drug-likeness (QED) is 0.755. The summed E-state index contributed by atoms with van der Waals surface area (Å²) >= 11 is 6.02. The van der Waals surface area contributed by atoms with Crippen molar-refractivity contribution >= 4 is 23.3 Å². The molecule has 0 aromatic carbocycles. The molecule has 0 fully saturated rings. The van der Waals surface area contributed by atoms with Gasteiger partial charge in [0.1, 0.15) is 10.8 Å². The third kappa shape index (κ3) is 4.11. The van der Waals surface area contributed by atoms with E-state index < -0.39 is 11.7 Å². The number of hydrogen-bond acceptors (Lipinski definition) is 5. The maximum atomic E-state index is 11.8.